The summed E-state index contributed by atoms with van der Waals surface area (Å²) in [6.07, 6.45) is -4.45. The highest BCUT2D eigenvalue weighted by Gasteiger charge is 2.54. The molecule has 6 heteroatoms. The highest BCUT2D eigenvalue weighted by atomic mass is 19.4. The molecule has 0 aromatic rings. The van der Waals surface area contributed by atoms with Gasteiger partial charge in [-0.15, -0.1) is 0 Å². The van der Waals surface area contributed by atoms with Crippen LogP contribution in [0.4, 0.5) is 13.2 Å². The van der Waals surface area contributed by atoms with Crippen molar-refractivity contribution in [1.29, 1.82) is 0 Å². The van der Waals surface area contributed by atoms with Crippen molar-refractivity contribution in [2.24, 2.45) is 11.1 Å². The third-order valence-electron chi connectivity index (χ3n) is 3.16. The summed E-state index contributed by atoms with van der Waals surface area (Å²) in [4.78, 5) is 12.4. The van der Waals surface area contributed by atoms with Gasteiger partial charge in [0.1, 0.15) is 0 Å². The van der Waals surface area contributed by atoms with Crippen molar-refractivity contribution in [2.45, 2.75) is 25.9 Å². The third kappa shape index (κ3) is 2.25. The van der Waals surface area contributed by atoms with Crippen molar-refractivity contribution in [1.82, 2.24) is 4.90 Å². The van der Waals surface area contributed by atoms with Gasteiger partial charge in [-0.1, -0.05) is 0 Å². The maximum atomic E-state index is 12.7. The summed E-state index contributed by atoms with van der Waals surface area (Å²) in [6, 6.07) is 0. The van der Waals surface area contributed by atoms with Crippen molar-refractivity contribution in [3.05, 3.63) is 0 Å². The molecule has 2 N–H and O–H groups in total. The smallest absolute Gasteiger partial charge is 0.343 e. The predicted molar refractivity (Wildman–Crippen MR) is 49.0 cm³/mol. The van der Waals surface area contributed by atoms with E-state index in [4.69, 9.17) is 5.73 Å². The lowest BCUT2D eigenvalue weighted by molar-refractivity contribution is -0.233. The average Bonchev–Trinajstić information content (AvgIpc) is 2.16. The van der Waals surface area contributed by atoms with Crippen LogP contribution in [0.5, 0.6) is 0 Å². The van der Waals surface area contributed by atoms with Gasteiger partial charge in [-0.25, -0.2) is 0 Å². The standard InChI is InChI=1S/C9H15F3N2O/c1-7(15)14-4-2-8(6-13,3-5-14)9(10,11)12/h2-6,13H2,1H3. The molecule has 15 heavy (non-hydrogen) atoms. The molecule has 0 aromatic carbocycles. The van der Waals surface area contributed by atoms with Crippen LogP contribution < -0.4 is 5.73 Å². The molecule has 0 atom stereocenters. The van der Waals surface area contributed by atoms with Crippen molar-refractivity contribution < 1.29 is 18.0 Å². The Labute approximate surface area is 86.4 Å². The van der Waals surface area contributed by atoms with Gasteiger partial charge in [-0.05, 0) is 12.8 Å². The largest absolute Gasteiger partial charge is 0.395 e. The first-order valence-electron chi connectivity index (χ1n) is 4.85. The first kappa shape index (κ1) is 12.3. The second kappa shape index (κ2) is 4.00. The van der Waals surface area contributed by atoms with Crippen molar-refractivity contribution in [3.63, 3.8) is 0 Å². The Morgan fingerprint density at radius 1 is 1.40 bits per heavy atom. The van der Waals surface area contributed by atoms with Crippen LogP contribution >= 0.6 is 0 Å². The lowest BCUT2D eigenvalue weighted by atomic mass is 9.77. The monoisotopic (exact) mass is 224 g/mol. The van der Waals surface area contributed by atoms with Crippen LogP contribution in [0.3, 0.4) is 0 Å². The van der Waals surface area contributed by atoms with E-state index < -0.39 is 18.1 Å². The molecule has 0 unspecified atom stereocenters. The van der Waals surface area contributed by atoms with Crippen LogP contribution in [0.25, 0.3) is 0 Å². The van der Waals surface area contributed by atoms with Gasteiger partial charge in [0, 0.05) is 26.6 Å². The molecule has 0 aromatic heterocycles. The Kier molecular flexibility index (Phi) is 3.28. The van der Waals surface area contributed by atoms with E-state index in [1.165, 1.54) is 11.8 Å². The average molecular weight is 224 g/mol. The minimum atomic E-state index is -4.27. The number of rotatable bonds is 1. The molecule has 1 saturated heterocycles. The van der Waals surface area contributed by atoms with E-state index in [0.29, 0.717) is 0 Å². The molecule has 1 amide bonds. The molecule has 1 fully saturated rings. The number of piperidine rings is 1. The van der Waals surface area contributed by atoms with Gasteiger partial charge in [0.2, 0.25) is 5.91 Å². The van der Waals surface area contributed by atoms with Crippen LogP contribution in [0, 0.1) is 5.41 Å². The van der Waals surface area contributed by atoms with Gasteiger partial charge >= 0.3 is 6.18 Å². The van der Waals surface area contributed by atoms with Gasteiger partial charge in [-0.2, -0.15) is 13.2 Å². The van der Waals surface area contributed by atoms with Gasteiger partial charge < -0.3 is 10.6 Å². The SMILES string of the molecule is CC(=O)N1CCC(CN)(C(F)(F)F)CC1. The fourth-order valence-electron chi connectivity index (χ4n) is 1.85. The Hall–Kier alpha value is -0.780. The second-order valence-corrected chi connectivity index (χ2v) is 3.99. The topological polar surface area (TPSA) is 46.3 Å². The van der Waals surface area contributed by atoms with Crippen molar-refractivity contribution in [3.8, 4) is 0 Å². The molecule has 0 radical (unpaired) electrons. The number of nitrogens with zero attached hydrogens (tertiary/aromatic N) is 1. The molecule has 1 heterocycles. The zero-order valence-electron chi connectivity index (χ0n) is 8.60. The molecule has 1 aliphatic rings. The Balaban J connectivity index is 2.71. The van der Waals surface area contributed by atoms with Gasteiger partial charge in [0.15, 0.2) is 0 Å². The molecular formula is C9H15F3N2O. The molecule has 1 rings (SSSR count). The number of carbonyl (C=O) groups excluding carboxylic acids is 1. The molecular weight excluding hydrogens is 209 g/mol. The lowest BCUT2D eigenvalue weighted by Gasteiger charge is -2.41. The summed E-state index contributed by atoms with van der Waals surface area (Å²) >= 11 is 0. The highest BCUT2D eigenvalue weighted by molar-refractivity contribution is 5.73. The molecule has 0 saturated carbocycles. The fraction of sp³-hybridized carbons (Fsp3) is 0.889. The summed E-state index contributed by atoms with van der Waals surface area (Å²) < 4.78 is 38.2. The highest BCUT2D eigenvalue weighted by Crippen LogP contribution is 2.45. The number of carbonyl (C=O) groups is 1. The van der Waals surface area contributed by atoms with Crippen molar-refractivity contribution in [2.75, 3.05) is 19.6 Å². The van der Waals surface area contributed by atoms with E-state index in [1.807, 2.05) is 0 Å². The zero-order chi connectivity index (χ0) is 11.7. The number of hydrogen-bond donors (Lipinski definition) is 1. The summed E-state index contributed by atoms with van der Waals surface area (Å²) in [5.74, 6) is -0.178. The van der Waals surface area contributed by atoms with Crippen LogP contribution in [0.2, 0.25) is 0 Å². The van der Waals surface area contributed by atoms with E-state index in [-0.39, 0.29) is 31.8 Å². The number of hydrogen-bond acceptors (Lipinski definition) is 2. The molecule has 88 valence electrons. The Morgan fingerprint density at radius 2 is 1.87 bits per heavy atom. The lowest BCUT2D eigenvalue weighted by Crippen LogP contribution is -2.52. The fourth-order valence-corrected chi connectivity index (χ4v) is 1.85. The first-order valence-corrected chi connectivity index (χ1v) is 4.85. The normalized spacial score (nSPS) is 21.5. The van der Waals surface area contributed by atoms with Gasteiger partial charge in [0.25, 0.3) is 0 Å². The molecule has 0 aliphatic carbocycles. The zero-order valence-corrected chi connectivity index (χ0v) is 8.60. The number of nitrogens with two attached hydrogens (primary N) is 1. The van der Waals surface area contributed by atoms with E-state index >= 15 is 0 Å². The van der Waals surface area contributed by atoms with E-state index in [9.17, 15) is 18.0 Å². The molecule has 3 nitrogen and oxygen atoms in total. The number of amides is 1. The minimum Gasteiger partial charge on any atom is -0.343 e. The number of halogens is 3. The summed E-state index contributed by atoms with van der Waals surface area (Å²) in [5, 5.41) is 0. The quantitative estimate of drug-likeness (QED) is 0.726. The summed E-state index contributed by atoms with van der Waals surface area (Å²) in [5.41, 5.74) is 3.43. The van der Waals surface area contributed by atoms with Crippen LogP contribution in [-0.2, 0) is 4.79 Å². The van der Waals surface area contributed by atoms with Crippen molar-refractivity contribution >= 4 is 5.91 Å². The first-order chi connectivity index (χ1) is 6.82. The third-order valence-corrected chi connectivity index (χ3v) is 3.16. The van der Waals surface area contributed by atoms with E-state index in [2.05, 4.69) is 0 Å². The summed E-state index contributed by atoms with van der Waals surface area (Å²) in [7, 11) is 0. The maximum absolute atomic E-state index is 12.7. The minimum absolute atomic E-state index is 0.0907. The number of alkyl halides is 3. The van der Waals surface area contributed by atoms with E-state index in [0.717, 1.165) is 0 Å². The predicted octanol–water partition coefficient (Wildman–Crippen LogP) is 1.14. The van der Waals surface area contributed by atoms with Crippen LogP contribution in [-0.4, -0.2) is 36.6 Å². The van der Waals surface area contributed by atoms with Gasteiger partial charge in [-0.3, -0.25) is 4.79 Å². The maximum Gasteiger partial charge on any atom is 0.395 e. The van der Waals surface area contributed by atoms with Crippen LogP contribution in [0.15, 0.2) is 0 Å². The Bertz CT molecular complexity index is 244. The summed E-state index contributed by atoms with van der Waals surface area (Å²) in [6.45, 7) is 1.25. The molecule has 1 aliphatic heterocycles. The second-order valence-electron chi connectivity index (χ2n) is 3.99. The Morgan fingerprint density at radius 3 is 2.13 bits per heavy atom. The molecule has 0 bridgehead atoms. The number of likely N-dealkylation sites (tertiary alicyclic amines) is 1. The molecule has 0 spiro atoms. The van der Waals surface area contributed by atoms with Gasteiger partial charge in [0.05, 0.1) is 5.41 Å². The van der Waals surface area contributed by atoms with E-state index in [1.54, 1.807) is 0 Å². The van der Waals surface area contributed by atoms with Crippen LogP contribution in [0.1, 0.15) is 19.8 Å².